The average molecular weight is 1370 g/mol. The Bertz CT molecular complexity index is 2400. The molecule has 0 aliphatic carbocycles. The first kappa shape index (κ1) is 42.5. The molecule has 0 saturated carbocycles. The lowest BCUT2D eigenvalue weighted by Crippen LogP contribution is -2.38. The van der Waals surface area contributed by atoms with Gasteiger partial charge in [0.2, 0.25) is 0 Å². The molecule has 4 aliphatic rings. The predicted molar refractivity (Wildman–Crippen MR) is 269 cm³/mol. The average Bonchev–Trinajstić information content (AvgIpc) is 3.18. The molecule has 4 aliphatic heterocycles. The Morgan fingerprint density at radius 1 is 0.370 bits per heavy atom. The van der Waals surface area contributed by atoms with Crippen molar-refractivity contribution >= 4 is 227 Å². The molecule has 4 nitrogen and oxygen atoms in total. The maximum atomic E-state index is 3.85. The topological polar surface area (TPSA) is 13.0 Å². The van der Waals surface area contributed by atoms with Crippen LogP contribution in [-0.2, 0) is 0 Å². The Kier molecular flexibility index (Phi) is 14.7. The van der Waals surface area contributed by atoms with Crippen molar-refractivity contribution in [1.29, 1.82) is 0 Å². The zero-order chi connectivity index (χ0) is 38.3. The van der Waals surface area contributed by atoms with Crippen LogP contribution in [0.4, 0.5) is 0 Å². The van der Waals surface area contributed by atoms with E-state index in [1.807, 2.05) is 0 Å². The summed E-state index contributed by atoms with van der Waals surface area (Å²) in [5.41, 5.74) is 0. The van der Waals surface area contributed by atoms with Gasteiger partial charge in [0.15, 0.2) is 0 Å². The second-order valence-corrected chi connectivity index (χ2v) is 22.7. The van der Waals surface area contributed by atoms with E-state index in [2.05, 4.69) is 265 Å². The summed E-state index contributed by atoms with van der Waals surface area (Å²) >= 11 is 36.8. The molecule has 284 valence electrons. The fourth-order valence-electron chi connectivity index (χ4n) is 7.24. The van der Waals surface area contributed by atoms with Crippen LogP contribution in [0, 0.1) is 0 Å². The van der Waals surface area contributed by atoms with Gasteiger partial charge < -0.3 is 19.6 Å². The highest BCUT2D eigenvalue weighted by atomic mass is 79.9. The smallest absolute Gasteiger partial charge is 0.0926 e. The Hall–Kier alpha value is 0.360. The van der Waals surface area contributed by atoms with E-state index < -0.39 is 0 Å². The maximum absolute atomic E-state index is 3.85. The molecule has 54 heavy (non-hydrogen) atoms. The van der Waals surface area contributed by atoms with Gasteiger partial charge in [-0.1, -0.05) is 176 Å². The summed E-state index contributed by atoms with van der Waals surface area (Å²) < 4.78 is 2.26. The summed E-state index contributed by atoms with van der Waals surface area (Å²) in [7, 11) is 0. The van der Waals surface area contributed by atoms with Gasteiger partial charge in [0, 0.05) is 136 Å². The molecule has 0 amide bonds. The van der Waals surface area contributed by atoms with E-state index in [4.69, 9.17) is 0 Å². The number of nitrogens with zero attached hydrogens (tertiary/aromatic N) is 4. The van der Waals surface area contributed by atoms with E-state index in [-0.39, 0.29) is 0 Å². The van der Waals surface area contributed by atoms with Crippen molar-refractivity contribution in [2.75, 3.05) is 47.5 Å². The van der Waals surface area contributed by atoms with Gasteiger partial charge in [0.25, 0.3) is 0 Å². The van der Waals surface area contributed by atoms with Crippen LogP contribution in [0.15, 0.2) is 48.5 Å². The van der Waals surface area contributed by atoms with Crippen LogP contribution in [0.3, 0.4) is 0 Å². The van der Waals surface area contributed by atoms with E-state index in [1.54, 1.807) is 0 Å². The monoisotopic (exact) mass is 1360 g/mol. The number of hydrogen-bond donors (Lipinski definition) is 0. The van der Waals surface area contributed by atoms with Crippen LogP contribution >= 0.6 is 159 Å². The lowest BCUT2D eigenvalue weighted by molar-refractivity contribution is 0.589. The fourth-order valence-corrected chi connectivity index (χ4v) is 10.5. The molecule has 4 heterocycles. The van der Waals surface area contributed by atoms with Gasteiger partial charge in [-0.25, -0.2) is 0 Å². The molecule has 0 aromatic heterocycles. The van der Waals surface area contributed by atoms with E-state index in [0.29, 0.717) is 19.3 Å². The minimum Gasteiger partial charge on any atom is -0.352 e. The highest BCUT2D eigenvalue weighted by Crippen LogP contribution is 2.22. The van der Waals surface area contributed by atoms with Crippen molar-refractivity contribution < 1.29 is 0 Å². The standard InChI is InChI=1S/2C20H17Br5N2/c2*21-5-15(23)10-26-7-12-1-2-14-9-27(11-16(24)6-22)20(25)17-4-3-13(8-26)18(12)19(14)17/h2*1-4,7-9,15-16H,5-6,10-11H2. The van der Waals surface area contributed by atoms with Crippen molar-refractivity contribution in [3.8, 4) is 0 Å². The van der Waals surface area contributed by atoms with Crippen molar-refractivity contribution in [3.63, 3.8) is 0 Å². The van der Waals surface area contributed by atoms with Crippen LogP contribution in [0.2, 0.25) is 0 Å². The third kappa shape index (κ3) is 8.93. The first-order valence-electron chi connectivity index (χ1n) is 17.2. The minimum absolute atomic E-state index is 0.387. The molecule has 4 atom stereocenters. The molecule has 4 unspecified atom stereocenters. The second-order valence-electron chi connectivity index (χ2n) is 13.5. The van der Waals surface area contributed by atoms with E-state index in [0.717, 1.165) is 56.7 Å². The number of hydrogen-bond acceptors (Lipinski definition) is 4. The predicted octanol–water partition coefficient (Wildman–Crippen LogP) is 6.92. The second kappa shape index (κ2) is 18.7. The van der Waals surface area contributed by atoms with Crippen LogP contribution in [0.5, 0.6) is 0 Å². The SMILES string of the molecule is BrCC(Br)CN1C=c2ccc3c4c(ccc(c24)=C1)=C(Br)N(CC(Br)CBr)C=3.BrCC(Br)CN1C=c2ccc3c4c(ccc(c24)=C1)=C(Br)N(CC(Br)CBr)C=3. The van der Waals surface area contributed by atoms with Gasteiger partial charge in [-0.15, -0.1) is 0 Å². The summed E-state index contributed by atoms with van der Waals surface area (Å²) in [6, 6.07) is 17.9. The molecular weight excluding hydrogens is 1340 g/mol. The van der Waals surface area contributed by atoms with Gasteiger partial charge >= 0.3 is 0 Å². The fraction of sp³-hybridized carbons (Fsp3) is 0.300. The van der Waals surface area contributed by atoms with Gasteiger partial charge in [0.1, 0.15) is 0 Å². The van der Waals surface area contributed by atoms with Gasteiger partial charge in [-0.05, 0) is 63.2 Å². The lowest BCUT2D eigenvalue weighted by atomic mass is 9.99. The minimum atomic E-state index is 0.387. The van der Waals surface area contributed by atoms with Crippen LogP contribution in [0.25, 0.3) is 68.0 Å². The van der Waals surface area contributed by atoms with Crippen LogP contribution in [-0.4, -0.2) is 86.4 Å². The van der Waals surface area contributed by atoms with E-state index >= 15 is 0 Å². The lowest BCUT2D eigenvalue weighted by Gasteiger charge is -2.27. The van der Waals surface area contributed by atoms with Gasteiger partial charge in [-0.2, -0.15) is 0 Å². The first-order valence-corrected chi connectivity index (χ1v) is 27.0. The highest BCUT2D eigenvalue weighted by Gasteiger charge is 2.20. The number of benzene rings is 4. The summed E-state index contributed by atoms with van der Waals surface area (Å²) in [4.78, 5) is 10.7. The van der Waals surface area contributed by atoms with Crippen molar-refractivity contribution in [3.05, 3.63) is 90.3 Å². The summed E-state index contributed by atoms with van der Waals surface area (Å²) in [6.45, 7) is 3.68. The Balaban J connectivity index is 0.000000167. The maximum Gasteiger partial charge on any atom is 0.0926 e. The third-order valence-electron chi connectivity index (χ3n) is 9.55. The molecule has 14 heteroatoms. The molecule has 0 fully saturated rings. The van der Waals surface area contributed by atoms with Crippen molar-refractivity contribution in [2.24, 2.45) is 0 Å². The van der Waals surface area contributed by atoms with E-state index in [1.165, 1.54) is 63.3 Å². The van der Waals surface area contributed by atoms with Gasteiger partial charge in [-0.3, -0.25) is 0 Å². The summed E-state index contributed by atoms with van der Waals surface area (Å²) in [5.74, 6) is 0. The number of rotatable bonds is 12. The van der Waals surface area contributed by atoms with Gasteiger partial charge in [0.05, 0.1) is 9.21 Å². The van der Waals surface area contributed by atoms with Crippen molar-refractivity contribution in [2.45, 2.75) is 19.3 Å². The van der Waals surface area contributed by atoms with Crippen LogP contribution < -0.4 is 41.7 Å². The molecule has 0 bridgehead atoms. The largest absolute Gasteiger partial charge is 0.352 e. The summed E-state index contributed by atoms with van der Waals surface area (Å²) in [5, 5.41) is 19.2. The molecule has 4 aromatic carbocycles. The van der Waals surface area contributed by atoms with E-state index in [9.17, 15) is 0 Å². The van der Waals surface area contributed by atoms with Crippen molar-refractivity contribution in [1.82, 2.24) is 19.6 Å². The molecule has 0 spiro atoms. The molecule has 4 aromatic rings. The highest BCUT2D eigenvalue weighted by molar-refractivity contribution is 9.15. The molecular formula is C40H34Br10N4. The molecule has 8 rings (SSSR count). The normalized spacial score (nSPS) is 17.3. The number of halogens is 10. The molecule has 0 radical (unpaired) electrons. The summed E-state index contributed by atoms with van der Waals surface area (Å²) in [6.07, 6.45) is 13.5. The zero-order valence-corrected chi connectivity index (χ0v) is 44.5. The van der Waals surface area contributed by atoms with Crippen LogP contribution in [0.1, 0.15) is 0 Å². The Labute approximate surface area is 398 Å². The first-order chi connectivity index (χ1) is 26.0. The third-order valence-corrected chi connectivity index (χ3v) is 20.4. The molecule has 0 N–H and O–H groups in total. The number of alkyl halides is 8. The Morgan fingerprint density at radius 3 is 0.963 bits per heavy atom. The molecule has 0 saturated heterocycles. The zero-order valence-electron chi connectivity index (χ0n) is 28.6. The quantitative estimate of drug-likeness (QED) is 0.113. The Morgan fingerprint density at radius 2 is 0.648 bits per heavy atom.